The van der Waals surface area contributed by atoms with E-state index in [1.165, 1.54) is 37.9 Å². The van der Waals surface area contributed by atoms with Crippen LogP contribution in [-0.4, -0.2) is 24.6 Å². The number of hydrogen-bond acceptors (Lipinski definition) is 3. The molecule has 4 heteroatoms. The van der Waals surface area contributed by atoms with Gasteiger partial charge in [0.15, 0.2) is 0 Å². The molecule has 0 bridgehead atoms. The first kappa shape index (κ1) is 14.3. The van der Waals surface area contributed by atoms with Gasteiger partial charge >= 0.3 is 0 Å². The molecule has 1 aromatic rings. The molecule has 2 nitrogen and oxygen atoms in total. The van der Waals surface area contributed by atoms with Gasteiger partial charge in [0, 0.05) is 29.9 Å². The number of aryl methyl sites for hydroxylation is 1. The second-order valence-electron chi connectivity index (χ2n) is 5.02. The third-order valence-corrected chi connectivity index (χ3v) is 7.56. The molecule has 1 aromatic heterocycles. The van der Waals surface area contributed by atoms with Crippen LogP contribution in [0, 0.1) is 0 Å². The smallest absolute Gasteiger partial charge is 0.0945 e. The summed E-state index contributed by atoms with van der Waals surface area (Å²) in [5.74, 6) is 1.35. The van der Waals surface area contributed by atoms with Crippen molar-refractivity contribution in [2.24, 2.45) is 0 Å². The van der Waals surface area contributed by atoms with Crippen LogP contribution in [0.1, 0.15) is 46.0 Å². The average Bonchev–Trinajstić information content (AvgIpc) is 3.00. The Morgan fingerprint density at radius 3 is 2.89 bits per heavy atom. The first-order valence-electron chi connectivity index (χ1n) is 7.05. The zero-order valence-corrected chi connectivity index (χ0v) is 13.1. The van der Waals surface area contributed by atoms with Gasteiger partial charge in [-0.2, -0.15) is 0 Å². The van der Waals surface area contributed by atoms with Gasteiger partial charge in [0.1, 0.15) is 0 Å². The topological polar surface area (TPSA) is 17.8 Å². The minimum absolute atomic E-state index is 0.510. The molecule has 1 saturated heterocycles. The highest BCUT2D eigenvalue weighted by molar-refractivity contribution is 8.21. The summed E-state index contributed by atoms with van der Waals surface area (Å²) in [7, 11) is 0. The molecule has 1 aliphatic heterocycles. The highest BCUT2D eigenvalue weighted by Crippen LogP contribution is 2.54. The number of nitrogens with zero attached hydrogens (tertiary/aromatic N) is 2. The van der Waals surface area contributed by atoms with E-state index in [4.69, 9.17) is 0 Å². The molecule has 2 heterocycles. The minimum Gasteiger partial charge on any atom is -0.337 e. The third-order valence-electron chi connectivity index (χ3n) is 3.53. The third kappa shape index (κ3) is 3.70. The second kappa shape index (κ2) is 6.90. The lowest BCUT2D eigenvalue weighted by Crippen LogP contribution is -2.18. The summed E-state index contributed by atoms with van der Waals surface area (Å²) in [5, 5.41) is 0.884. The van der Waals surface area contributed by atoms with Gasteiger partial charge in [-0.15, -0.1) is 23.5 Å². The lowest BCUT2D eigenvalue weighted by molar-refractivity contribution is 0.558. The van der Waals surface area contributed by atoms with Gasteiger partial charge in [-0.05, 0) is 25.7 Å². The fourth-order valence-electron chi connectivity index (χ4n) is 2.54. The Kier molecular flexibility index (Phi) is 5.49. The van der Waals surface area contributed by atoms with Crippen molar-refractivity contribution >= 4 is 23.5 Å². The average molecular weight is 284 g/mol. The van der Waals surface area contributed by atoms with E-state index in [0.717, 1.165) is 11.8 Å². The van der Waals surface area contributed by atoms with Crippen LogP contribution in [-0.2, 0) is 6.54 Å². The summed E-state index contributed by atoms with van der Waals surface area (Å²) in [6.45, 7) is 5.76. The van der Waals surface area contributed by atoms with E-state index in [1.54, 1.807) is 0 Å². The molecule has 2 rings (SSSR count). The lowest BCUT2D eigenvalue weighted by atomic mass is 10.1. The molecule has 2 unspecified atom stereocenters. The van der Waals surface area contributed by atoms with E-state index in [-0.39, 0.29) is 0 Å². The Hall–Kier alpha value is -0.0900. The van der Waals surface area contributed by atoms with Crippen molar-refractivity contribution in [3.05, 3.63) is 18.7 Å². The van der Waals surface area contributed by atoms with Crippen molar-refractivity contribution < 1.29 is 0 Å². The Balaban J connectivity index is 1.83. The molecule has 1 fully saturated rings. The van der Waals surface area contributed by atoms with Gasteiger partial charge in [-0.3, -0.25) is 0 Å². The predicted molar refractivity (Wildman–Crippen MR) is 83.2 cm³/mol. The van der Waals surface area contributed by atoms with Crippen molar-refractivity contribution in [3.63, 3.8) is 0 Å². The molecule has 0 spiro atoms. The Morgan fingerprint density at radius 1 is 1.39 bits per heavy atom. The van der Waals surface area contributed by atoms with Crippen LogP contribution in [0.2, 0.25) is 0 Å². The molecule has 0 aliphatic carbocycles. The summed E-state index contributed by atoms with van der Waals surface area (Å²) in [6, 6.07) is 0. The van der Waals surface area contributed by atoms with Crippen LogP contribution in [0.5, 0.6) is 0 Å². The van der Waals surface area contributed by atoms with Crippen LogP contribution in [0.25, 0.3) is 0 Å². The Morgan fingerprint density at radius 2 is 2.28 bits per heavy atom. The maximum Gasteiger partial charge on any atom is 0.0945 e. The quantitative estimate of drug-likeness (QED) is 0.738. The van der Waals surface area contributed by atoms with Gasteiger partial charge in [-0.25, -0.2) is 4.98 Å². The predicted octanol–water partition coefficient (Wildman–Crippen LogP) is 4.42. The zero-order valence-electron chi connectivity index (χ0n) is 11.5. The van der Waals surface area contributed by atoms with Crippen molar-refractivity contribution in [1.82, 2.24) is 9.55 Å². The standard InChI is InChI=1S/C14H24N2S2/c1-3-6-14(17-11-13(4-2)18-14)7-5-9-16-10-8-15-12-16/h8,10,12-13H,3-7,9,11H2,1-2H3. The highest BCUT2D eigenvalue weighted by atomic mass is 32.2. The number of hydrogen-bond donors (Lipinski definition) is 0. The number of imidazole rings is 1. The maximum absolute atomic E-state index is 4.10. The summed E-state index contributed by atoms with van der Waals surface area (Å²) in [6.07, 6.45) is 12.5. The van der Waals surface area contributed by atoms with Crippen molar-refractivity contribution in [2.75, 3.05) is 5.75 Å². The van der Waals surface area contributed by atoms with Crippen LogP contribution in [0.4, 0.5) is 0 Å². The monoisotopic (exact) mass is 284 g/mol. The summed E-state index contributed by atoms with van der Waals surface area (Å²) < 4.78 is 2.71. The van der Waals surface area contributed by atoms with Gasteiger partial charge in [0.25, 0.3) is 0 Å². The van der Waals surface area contributed by atoms with E-state index in [9.17, 15) is 0 Å². The second-order valence-corrected chi connectivity index (χ2v) is 8.37. The Bertz CT molecular complexity index is 340. The van der Waals surface area contributed by atoms with Gasteiger partial charge in [0.05, 0.1) is 10.4 Å². The summed E-state index contributed by atoms with van der Waals surface area (Å²) in [4.78, 5) is 4.10. The highest BCUT2D eigenvalue weighted by Gasteiger charge is 2.38. The molecular weight excluding hydrogens is 260 g/mol. The molecule has 0 saturated carbocycles. The van der Waals surface area contributed by atoms with E-state index < -0.39 is 0 Å². The van der Waals surface area contributed by atoms with Crippen LogP contribution >= 0.6 is 23.5 Å². The van der Waals surface area contributed by atoms with E-state index in [1.807, 2.05) is 12.5 Å². The summed E-state index contributed by atoms with van der Waals surface area (Å²) >= 11 is 4.48. The molecule has 1 aliphatic rings. The molecule has 18 heavy (non-hydrogen) atoms. The fourth-order valence-corrected chi connectivity index (χ4v) is 6.62. The number of aromatic nitrogens is 2. The molecule has 102 valence electrons. The first-order chi connectivity index (χ1) is 8.78. The molecule has 0 radical (unpaired) electrons. The first-order valence-corrected chi connectivity index (χ1v) is 8.92. The van der Waals surface area contributed by atoms with Crippen molar-refractivity contribution in [1.29, 1.82) is 0 Å². The molecular formula is C14H24N2S2. The zero-order chi connectivity index (χ0) is 12.8. The Labute approximate surface area is 119 Å². The number of thioether (sulfide) groups is 2. The van der Waals surface area contributed by atoms with Crippen molar-refractivity contribution in [2.45, 2.75) is 61.8 Å². The maximum atomic E-state index is 4.10. The van der Waals surface area contributed by atoms with E-state index in [0.29, 0.717) is 4.08 Å². The van der Waals surface area contributed by atoms with Crippen LogP contribution < -0.4 is 0 Å². The summed E-state index contributed by atoms with van der Waals surface area (Å²) in [5.41, 5.74) is 0. The van der Waals surface area contributed by atoms with Gasteiger partial charge in [0.2, 0.25) is 0 Å². The molecule has 2 atom stereocenters. The van der Waals surface area contributed by atoms with E-state index >= 15 is 0 Å². The van der Waals surface area contributed by atoms with Crippen molar-refractivity contribution in [3.8, 4) is 0 Å². The van der Waals surface area contributed by atoms with Crippen LogP contribution in [0.15, 0.2) is 18.7 Å². The van der Waals surface area contributed by atoms with Gasteiger partial charge < -0.3 is 4.57 Å². The number of rotatable bonds is 7. The minimum atomic E-state index is 0.510. The fraction of sp³-hybridized carbons (Fsp3) is 0.786. The van der Waals surface area contributed by atoms with E-state index in [2.05, 4.69) is 53.1 Å². The van der Waals surface area contributed by atoms with Crippen LogP contribution in [0.3, 0.4) is 0 Å². The SMILES string of the molecule is CCCC1(CCCn2ccnc2)SCC(CC)S1. The normalized spacial score (nSPS) is 27.8. The molecule has 0 N–H and O–H groups in total. The lowest BCUT2D eigenvalue weighted by Gasteiger charge is -2.27. The molecule has 0 amide bonds. The van der Waals surface area contributed by atoms with Gasteiger partial charge in [-0.1, -0.05) is 20.3 Å². The molecule has 0 aromatic carbocycles. The largest absolute Gasteiger partial charge is 0.337 e.